The second-order valence-corrected chi connectivity index (χ2v) is 6.24. The summed E-state index contributed by atoms with van der Waals surface area (Å²) in [5.41, 5.74) is 2.01. The zero-order valence-electron chi connectivity index (χ0n) is 13.4. The van der Waals surface area contributed by atoms with E-state index in [1.807, 2.05) is 30.5 Å². The average molecular weight is 313 g/mol. The third-order valence-corrected chi connectivity index (χ3v) is 4.49. The van der Waals surface area contributed by atoms with Crippen molar-refractivity contribution in [3.8, 4) is 16.9 Å². The van der Waals surface area contributed by atoms with Crippen LogP contribution >= 0.6 is 0 Å². The molecule has 1 aromatic heterocycles. The smallest absolute Gasteiger partial charge is 0.258 e. The van der Waals surface area contributed by atoms with Crippen LogP contribution in [0.5, 0.6) is 5.75 Å². The van der Waals surface area contributed by atoms with Crippen LogP contribution in [0, 0.1) is 5.92 Å². The molecule has 1 heterocycles. The molecular weight excluding hydrogens is 290 g/mol. The Labute approximate surface area is 136 Å². The monoisotopic (exact) mass is 313 g/mol. The van der Waals surface area contributed by atoms with E-state index in [0.717, 1.165) is 17.5 Å². The lowest BCUT2D eigenvalue weighted by Gasteiger charge is -2.29. The highest BCUT2D eigenvalue weighted by molar-refractivity contribution is 5.78. The van der Waals surface area contributed by atoms with E-state index in [1.165, 1.54) is 19.3 Å². The molecular formula is C18H23N3O2. The van der Waals surface area contributed by atoms with Crippen LogP contribution in [0.2, 0.25) is 0 Å². The molecule has 1 aromatic carbocycles. The summed E-state index contributed by atoms with van der Waals surface area (Å²) >= 11 is 0. The number of nitrogens with zero attached hydrogens (tertiary/aromatic N) is 1. The fourth-order valence-electron chi connectivity index (χ4n) is 3.10. The van der Waals surface area contributed by atoms with Crippen LogP contribution in [0.4, 0.5) is 0 Å². The number of carbonyl (C=O) groups is 1. The largest absolute Gasteiger partial charge is 0.484 e. The van der Waals surface area contributed by atoms with E-state index in [0.29, 0.717) is 11.7 Å². The van der Waals surface area contributed by atoms with Gasteiger partial charge in [-0.25, -0.2) is 0 Å². The number of benzene rings is 1. The molecule has 0 radical (unpaired) electrons. The minimum atomic E-state index is -0.0440. The molecule has 5 heteroatoms. The maximum atomic E-state index is 12.1. The third-order valence-electron chi connectivity index (χ3n) is 4.49. The van der Waals surface area contributed by atoms with Crippen molar-refractivity contribution in [2.45, 2.75) is 38.6 Å². The number of rotatable bonds is 5. The molecule has 1 saturated carbocycles. The first-order valence-corrected chi connectivity index (χ1v) is 8.24. The molecule has 0 unspecified atom stereocenters. The first-order chi connectivity index (χ1) is 11.2. The third kappa shape index (κ3) is 4.12. The Bertz CT molecular complexity index is 639. The number of aromatic nitrogens is 2. The van der Waals surface area contributed by atoms with E-state index < -0.39 is 0 Å². The summed E-state index contributed by atoms with van der Waals surface area (Å²) in [5.74, 6) is 1.20. The van der Waals surface area contributed by atoms with Crippen LogP contribution in [-0.2, 0) is 4.79 Å². The predicted octanol–water partition coefficient (Wildman–Crippen LogP) is 3.15. The summed E-state index contributed by atoms with van der Waals surface area (Å²) in [4.78, 5) is 12.1. The van der Waals surface area contributed by atoms with Gasteiger partial charge < -0.3 is 10.1 Å². The van der Waals surface area contributed by atoms with Gasteiger partial charge in [-0.05, 0) is 36.5 Å². The summed E-state index contributed by atoms with van der Waals surface area (Å²) < 4.78 is 5.64. The zero-order chi connectivity index (χ0) is 16.1. The van der Waals surface area contributed by atoms with E-state index >= 15 is 0 Å². The second kappa shape index (κ2) is 7.31. The van der Waals surface area contributed by atoms with Gasteiger partial charge in [-0.15, -0.1) is 0 Å². The van der Waals surface area contributed by atoms with Crippen LogP contribution in [0.1, 0.15) is 32.6 Å². The summed E-state index contributed by atoms with van der Waals surface area (Å²) in [5, 5.41) is 9.84. The minimum Gasteiger partial charge on any atom is -0.484 e. The van der Waals surface area contributed by atoms with Crippen molar-refractivity contribution in [2.75, 3.05) is 6.61 Å². The molecule has 0 bridgehead atoms. The maximum Gasteiger partial charge on any atom is 0.258 e. The van der Waals surface area contributed by atoms with Gasteiger partial charge in [-0.2, -0.15) is 5.10 Å². The first kappa shape index (κ1) is 15.6. The minimum absolute atomic E-state index is 0.0440. The molecule has 2 aromatic rings. The second-order valence-electron chi connectivity index (χ2n) is 6.24. The molecule has 1 aliphatic rings. The lowest BCUT2D eigenvalue weighted by molar-refractivity contribution is -0.124. The van der Waals surface area contributed by atoms with Crippen molar-refractivity contribution in [1.29, 1.82) is 0 Å². The van der Waals surface area contributed by atoms with E-state index in [2.05, 4.69) is 22.4 Å². The van der Waals surface area contributed by atoms with E-state index in [1.54, 1.807) is 6.20 Å². The topological polar surface area (TPSA) is 67.0 Å². The average Bonchev–Trinajstić information content (AvgIpc) is 3.10. The Hall–Kier alpha value is -2.30. The van der Waals surface area contributed by atoms with Gasteiger partial charge in [0.1, 0.15) is 5.75 Å². The number of ether oxygens (including phenoxy) is 1. The number of nitrogens with one attached hydrogen (secondary N) is 2. The molecule has 122 valence electrons. The summed E-state index contributed by atoms with van der Waals surface area (Å²) in [6, 6.07) is 7.97. The molecule has 2 atom stereocenters. The molecule has 2 N–H and O–H groups in total. The van der Waals surface area contributed by atoms with Crippen molar-refractivity contribution in [3.63, 3.8) is 0 Å². The molecule has 1 amide bonds. The Morgan fingerprint density at radius 2 is 2.22 bits per heavy atom. The van der Waals surface area contributed by atoms with Gasteiger partial charge in [0.2, 0.25) is 0 Å². The summed E-state index contributed by atoms with van der Waals surface area (Å²) in [7, 11) is 0. The fraction of sp³-hybridized carbons (Fsp3) is 0.444. The van der Waals surface area contributed by atoms with Crippen LogP contribution in [-0.4, -0.2) is 28.8 Å². The van der Waals surface area contributed by atoms with Crippen LogP contribution in [0.25, 0.3) is 11.1 Å². The summed E-state index contributed by atoms with van der Waals surface area (Å²) in [6.45, 7) is 2.26. The number of H-pyrrole nitrogens is 1. The van der Waals surface area contributed by atoms with Crippen LogP contribution in [0.3, 0.4) is 0 Å². The normalized spacial score (nSPS) is 20.9. The quantitative estimate of drug-likeness (QED) is 0.891. The Kier molecular flexibility index (Phi) is 4.95. The van der Waals surface area contributed by atoms with Crippen LogP contribution < -0.4 is 10.1 Å². The van der Waals surface area contributed by atoms with Crippen molar-refractivity contribution in [1.82, 2.24) is 15.5 Å². The molecule has 3 rings (SSSR count). The number of hydrogen-bond acceptors (Lipinski definition) is 3. The highest BCUT2D eigenvalue weighted by Crippen LogP contribution is 2.24. The Morgan fingerprint density at radius 1 is 1.35 bits per heavy atom. The molecule has 1 fully saturated rings. The van der Waals surface area contributed by atoms with E-state index in [-0.39, 0.29) is 18.6 Å². The molecule has 5 nitrogen and oxygen atoms in total. The lowest BCUT2D eigenvalue weighted by Crippen LogP contribution is -2.43. The van der Waals surface area contributed by atoms with Crippen LogP contribution in [0.15, 0.2) is 36.7 Å². The number of hydrogen-bond donors (Lipinski definition) is 2. The van der Waals surface area contributed by atoms with E-state index in [9.17, 15) is 4.79 Å². The zero-order valence-corrected chi connectivity index (χ0v) is 13.4. The Morgan fingerprint density at radius 3 is 3.00 bits per heavy atom. The molecule has 1 aliphatic carbocycles. The van der Waals surface area contributed by atoms with Crippen molar-refractivity contribution >= 4 is 5.91 Å². The van der Waals surface area contributed by atoms with Gasteiger partial charge in [-0.1, -0.05) is 31.9 Å². The van der Waals surface area contributed by atoms with Gasteiger partial charge in [0.25, 0.3) is 5.91 Å². The van der Waals surface area contributed by atoms with Crippen molar-refractivity contribution in [2.24, 2.45) is 5.92 Å². The van der Waals surface area contributed by atoms with Crippen molar-refractivity contribution < 1.29 is 9.53 Å². The van der Waals surface area contributed by atoms with Crippen molar-refractivity contribution in [3.05, 3.63) is 36.7 Å². The SMILES string of the molecule is C[C@@H]1CCCC[C@H]1NC(=O)COc1cccc(-c2cn[nH]c2)c1. The van der Waals surface area contributed by atoms with Gasteiger partial charge in [0, 0.05) is 17.8 Å². The van der Waals surface area contributed by atoms with Gasteiger partial charge >= 0.3 is 0 Å². The number of carbonyl (C=O) groups excluding carboxylic acids is 1. The highest BCUT2D eigenvalue weighted by Gasteiger charge is 2.22. The molecule has 0 aliphatic heterocycles. The van der Waals surface area contributed by atoms with Gasteiger partial charge in [0.15, 0.2) is 6.61 Å². The standard InChI is InChI=1S/C18H23N3O2/c1-13-5-2-3-8-17(13)21-18(22)12-23-16-7-4-6-14(9-16)15-10-19-20-11-15/h4,6-7,9-11,13,17H,2-3,5,8,12H2,1H3,(H,19,20)(H,21,22)/t13-,17-/m1/s1. The summed E-state index contributed by atoms with van der Waals surface area (Å²) in [6.07, 6.45) is 8.32. The van der Waals surface area contributed by atoms with E-state index in [4.69, 9.17) is 4.74 Å². The maximum absolute atomic E-state index is 12.1. The highest BCUT2D eigenvalue weighted by atomic mass is 16.5. The fourth-order valence-corrected chi connectivity index (χ4v) is 3.10. The Balaban J connectivity index is 1.54. The van der Waals surface area contributed by atoms with Gasteiger partial charge in [-0.3, -0.25) is 9.89 Å². The molecule has 0 spiro atoms. The number of amides is 1. The lowest BCUT2D eigenvalue weighted by atomic mass is 9.86. The number of aromatic amines is 1. The molecule has 0 saturated heterocycles. The van der Waals surface area contributed by atoms with Gasteiger partial charge in [0.05, 0.1) is 6.20 Å². The molecule has 23 heavy (non-hydrogen) atoms. The predicted molar refractivity (Wildman–Crippen MR) is 89.1 cm³/mol. The first-order valence-electron chi connectivity index (χ1n) is 8.24.